The second kappa shape index (κ2) is 8.85. The van der Waals surface area contributed by atoms with Crippen molar-refractivity contribution >= 4 is 11.8 Å². The van der Waals surface area contributed by atoms with Crippen molar-refractivity contribution < 1.29 is 20.6 Å². The third kappa shape index (κ3) is 11.0. The summed E-state index contributed by atoms with van der Waals surface area (Å²) in [7, 11) is 0. The van der Waals surface area contributed by atoms with E-state index in [1.165, 1.54) is 38.5 Å². The highest BCUT2D eigenvalue weighted by atomic mass is 32.2. The average molecular weight is 268 g/mol. The summed E-state index contributed by atoms with van der Waals surface area (Å²) in [5.74, 6) is 0. The minimum Gasteiger partial charge on any atom is -0.328 e. The summed E-state index contributed by atoms with van der Waals surface area (Å²) in [6.07, 6.45) is 9.09. The molecule has 0 spiro atoms. The lowest BCUT2D eigenvalue weighted by molar-refractivity contribution is -0.742. The summed E-state index contributed by atoms with van der Waals surface area (Å²) < 4.78 is 0. The third-order valence-electron chi connectivity index (χ3n) is 2.49. The molecular formula is C8H16N2O6S. The van der Waals surface area contributed by atoms with Crippen molar-refractivity contribution in [3.05, 3.63) is 20.2 Å². The first-order chi connectivity index (χ1) is 7.91. The van der Waals surface area contributed by atoms with E-state index in [2.05, 4.69) is 11.8 Å². The Kier molecular flexibility index (Phi) is 8.20. The number of thioether (sulfide) groups is 1. The maximum atomic E-state index is 8.36. The highest BCUT2D eigenvalue weighted by Crippen LogP contribution is 2.40. The van der Waals surface area contributed by atoms with Crippen molar-refractivity contribution in [1.82, 2.24) is 0 Å². The van der Waals surface area contributed by atoms with Gasteiger partial charge < -0.3 is 10.4 Å². The molecule has 2 bridgehead atoms. The number of fused-ring (bicyclic) bond motifs is 2. The first-order valence-corrected chi connectivity index (χ1v) is 6.18. The van der Waals surface area contributed by atoms with Crippen molar-refractivity contribution in [2.75, 3.05) is 0 Å². The number of hydrogen-bond acceptors (Lipinski definition) is 5. The van der Waals surface area contributed by atoms with Crippen LogP contribution in [0.5, 0.6) is 0 Å². The molecule has 0 radical (unpaired) electrons. The lowest BCUT2D eigenvalue weighted by Crippen LogP contribution is -2.22. The first kappa shape index (κ1) is 15.8. The van der Waals surface area contributed by atoms with Gasteiger partial charge in [0.25, 0.3) is 10.2 Å². The van der Waals surface area contributed by atoms with Crippen LogP contribution in [0.25, 0.3) is 0 Å². The predicted octanol–water partition coefficient (Wildman–Crippen LogP) is 2.13. The molecule has 8 nitrogen and oxygen atoms in total. The van der Waals surface area contributed by atoms with Crippen LogP contribution in [-0.4, -0.2) is 31.1 Å². The molecule has 100 valence electrons. The minimum atomic E-state index is -1.50. The summed E-state index contributed by atoms with van der Waals surface area (Å²) in [6, 6.07) is 0. The Morgan fingerprint density at radius 3 is 1.29 bits per heavy atom. The van der Waals surface area contributed by atoms with Crippen LogP contribution in [-0.2, 0) is 0 Å². The lowest BCUT2D eigenvalue weighted by atomic mass is 9.99. The third-order valence-corrected chi connectivity index (χ3v) is 4.20. The van der Waals surface area contributed by atoms with Crippen LogP contribution >= 0.6 is 11.8 Å². The number of nitrogens with zero attached hydrogens (tertiary/aromatic N) is 2. The quantitative estimate of drug-likeness (QED) is 0.508. The zero-order chi connectivity index (χ0) is 13.3. The molecule has 0 aromatic rings. The summed E-state index contributed by atoms with van der Waals surface area (Å²) >= 11 is 2.27. The van der Waals surface area contributed by atoms with Gasteiger partial charge in [-0.25, -0.2) is 0 Å². The monoisotopic (exact) mass is 268 g/mol. The fourth-order valence-corrected chi connectivity index (χ4v) is 3.73. The van der Waals surface area contributed by atoms with Crippen LogP contribution < -0.4 is 0 Å². The van der Waals surface area contributed by atoms with Crippen LogP contribution in [0.15, 0.2) is 0 Å². The molecule has 0 aliphatic carbocycles. The largest absolute Gasteiger partial charge is 0.328 e. The summed E-state index contributed by atoms with van der Waals surface area (Å²) in [4.78, 5) is 16.7. The summed E-state index contributed by atoms with van der Waals surface area (Å²) in [5.41, 5.74) is 0. The van der Waals surface area contributed by atoms with Gasteiger partial charge in [0.2, 0.25) is 0 Å². The summed E-state index contributed by atoms with van der Waals surface area (Å²) in [6.45, 7) is 0. The van der Waals surface area contributed by atoms with Crippen molar-refractivity contribution in [1.29, 1.82) is 0 Å². The van der Waals surface area contributed by atoms with Gasteiger partial charge in [-0.05, 0) is 25.7 Å². The molecule has 0 atom stereocenters. The molecule has 2 heterocycles. The maximum absolute atomic E-state index is 8.36. The van der Waals surface area contributed by atoms with Gasteiger partial charge in [-0.3, -0.25) is 0 Å². The van der Waals surface area contributed by atoms with E-state index in [1.807, 2.05) is 0 Å². The second-order valence-electron chi connectivity index (χ2n) is 3.72. The molecule has 2 saturated heterocycles. The van der Waals surface area contributed by atoms with Crippen LogP contribution in [0.3, 0.4) is 0 Å². The van der Waals surface area contributed by atoms with E-state index in [1.54, 1.807) is 0 Å². The van der Waals surface area contributed by atoms with Crippen molar-refractivity contribution in [3.8, 4) is 0 Å². The molecule has 17 heavy (non-hydrogen) atoms. The molecule has 9 heteroatoms. The van der Waals surface area contributed by atoms with Gasteiger partial charge in [0, 0.05) is 10.5 Å². The Balaban J connectivity index is 0.000000274. The lowest BCUT2D eigenvalue weighted by Gasteiger charge is -2.33. The summed E-state index contributed by atoms with van der Waals surface area (Å²) in [5, 5.41) is 29.4. The molecule has 2 aliphatic rings. The molecular weight excluding hydrogens is 252 g/mol. The maximum Gasteiger partial charge on any atom is 0.291 e. The van der Waals surface area contributed by atoms with Crippen LogP contribution in [0, 0.1) is 20.2 Å². The molecule has 0 aromatic carbocycles. The number of hydrogen-bond donors (Lipinski definition) is 2. The Morgan fingerprint density at radius 2 is 1.12 bits per heavy atom. The molecule has 2 aliphatic heterocycles. The Labute approximate surface area is 102 Å². The van der Waals surface area contributed by atoms with Crippen LogP contribution in [0.4, 0.5) is 0 Å². The molecule has 2 fully saturated rings. The zero-order valence-electron chi connectivity index (χ0n) is 9.23. The second-order valence-corrected chi connectivity index (χ2v) is 5.32. The molecule has 2 rings (SSSR count). The first-order valence-electron chi connectivity index (χ1n) is 5.23. The van der Waals surface area contributed by atoms with Gasteiger partial charge in [0.15, 0.2) is 0 Å². The SMILES string of the molecule is C1CC2CCCC(C1)S2.O=[N+]([O-])O.O=[N+]([O-])O. The fraction of sp³-hybridized carbons (Fsp3) is 1.00. The van der Waals surface area contributed by atoms with Crippen LogP contribution in [0.2, 0.25) is 0 Å². The van der Waals surface area contributed by atoms with E-state index in [4.69, 9.17) is 30.6 Å². The average Bonchev–Trinajstić information content (AvgIpc) is 2.16. The standard InChI is InChI=1S/C8H14S.2HNO3/c1-3-7-5-2-6-8(4-1)9-7;2*2-1(3)4/h7-8H,1-6H2;2*(H,2,3,4). The Bertz CT molecular complexity index is 212. The topological polar surface area (TPSA) is 127 Å². The molecule has 0 saturated carbocycles. The van der Waals surface area contributed by atoms with Crippen molar-refractivity contribution in [2.45, 2.75) is 49.0 Å². The van der Waals surface area contributed by atoms with Gasteiger partial charge >= 0.3 is 0 Å². The van der Waals surface area contributed by atoms with E-state index < -0.39 is 10.2 Å². The zero-order valence-corrected chi connectivity index (χ0v) is 10.0. The van der Waals surface area contributed by atoms with E-state index in [-0.39, 0.29) is 0 Å². The Morgan fingerprint density at radius 1 is 0.882 bits per heavy atom. The normalized spacial score (nSPS) is 25.4. The van der Waals surface area contributed by atoms with Gasteiger partial charge in [-0.15, -0.1) is 20.2 Å². The van der Waals surface area contributed by atoms with E-state index in [0.717, 1.165) is 10.5 Å². The van der Waals surface area contributed by atoms with Crippen molar-refractivity contribution in [2.24, 2.45) is 0 Å². The van der Waals surface area contributed by atoms with Gasteiger partial charge in [0.05, 0.1) is 0 Å². The van der Waals surface area contributed by atoms with E-state index >= 15 is 0 Å². The Hall–Kier alpha value is -1.25. The molecule has 0 aromatic heterocycles. The highest BCUT2D eigenvalue weighted by molar-refractivity contribution is 8.00. The number of rotatable bonds is 0. The molecule has 0 amide bonds. The minimum absolute atomic E-state index is 1.07. The van der Waals surface area contributed by atoms with E-state index in [9.17, 15) is 0 Å². The van der Waals surface area contributed by atoms with Gasteiger partial charge in [0.1, 0.15) is 0 Å². The van der Waals surface area contributed by atoms with E-state index in [0.29, 0.717) is 0 Å². The molecule has 2 N–H and O–H groups in total. The van der Waals surface area contributed by atoms with Crippen molar-refractivity contribution in [3.63, 3.8) is 0 Å². The van der Waals surface area contributed by atoms with Gasteiger partial charge in [-0.1, -0.05) is 12.8 Å². The smallest absolute Gasteiger partial charge is 0.291 e. The highest BCUT2D eigenvalue weighted by Gasteiger charge is 2.25. The fourth-order valence-electron chi connectivity index (χ4n) is 1.98. The predicted molar refractivity (Wildman–Crippen MR) is 60.4 cm³/mol. The van der Waals surface area contributed by atoms with Crippen LogP contribution in [0.1, 0.15) is 38.5 Å². The van der Waals surface area contributed by atoms with Gasteiger partial charge in [-0.2, -0.15) is 11.8 Å². The molecule has 0 unspecified atom stereocenters.